The van der Waals surface area contributed by atoms with Crippen molar-refractivity contribution < 1.29 is 5.32 Å². The first-order valence-electron chi connectivity index (χ1n) is 8.25. The monoisotopic (exact) mass is 321 g/mol. The summed E-state index contributed by atoms with van der Waals surface area (Å²) in [6.07, 6.45) is 0.959. The first-order chi connectivity index (χ1) is 11.0. The number of nitrogens with two attached hydrogens (primary N) is 1. The van der Waals surface area contributed by atoms with Crippen LogP contribution in [0.3, 0.4) is 0 Å². The number of quaternary nitrogens is 1. The van der Waals surface area contributed by atoms with Gasteiger partial charge in [-0.25, -0.2) is 4.79 Å². The van der Waals surface area contributed by atoms with Gasteiger partial charge in [0.05, 0.1) is 26.2 Å². The number of nitrogens with one attached hydrogen (secondary N) is 1. The molecule has 3 N–H and O–H groups in total. The highest BCUT2D eigenvalue weighted by Gasteiger charge is 2.23. The molecule has 0 spiro atoms. The number of hydrogen-bond donors (Lipinski definition) is 2. The van der Waals surface area contributed by atoms with E-state index in [1.54, 1.807) is 7.05 Å². The van der Waals surface area contributed by atoms with E-state index in [1.165, 1.54) is 4.57 Å². The predicted octanol–water partition coefficient (Wildman–Crippen LogP) is -1.15. The summed E-state index contributed by atoms with van der Waals surface area (Å²) in [4.78, 5) is 33.5. The number of fused-ring (bicyclic) bond motifs is 1. The number of anilines is 1. The Labute approximate surface area is 134 Å². The molecule has 2 aromatic rings. The normalized spacial score (nSPS) is 15.7. The maximum Gasteiger partial charge on any atom is 0.329 e. The molecular formula is C15H25N6O2+. The van der Waals surface area contributed by atoms with Crippen LogP contribution in [-0.4, -0.2) is 45.3 Å². The number of hydrogen-bond acceptors (Lipinski definition) is 4. The third-order valence-electron chi connectivity index (χ3n) is 4.41. The predicted molar refractivity (Wildman–Crippen MR) is 88.9 cm³/mol. The average molecular weight is 321 g/mol. The number of aromatic amines is 1. The fraction of sp³-hybridized carbons (Fsp3) is 0.667. The van der Waals surface area contributed by atoms with Gasteiger partial charge in [-0.05, 0) is 12.3 Å². The Bertz CT molecular complexity index is 810. The molecule has 23 heavy (non-hydrogen) atoms. The number of H-pyrrole nitrogens is 1. The number of aromatic nitrogens is 4. The molecule has 0 saturated carbocycles. The molecule has 0 unspecified atom stereocenters. The van der Waals surface area contributed by atoms with Gasteiger partial charge in [0, 0.05) is 13.6 Å². The van der Waals surface area contributed by atoms with Crippen LogP contribution in [0, 0.1) is 5.92 Å². The van der Waals surface area contributed by atoms with Gasteiger partial charge < -0.3 is 14.8 Å². The largest absolute Gasteiger partial charge is 0.343 e. The van der Waals surface area contributed by atoms with Gasteiger partial charge >= 0.3 is 5.69 Å². The maximum atomic E-state index is 12.4. The molecular weight excluding hydrogens is 296 g/mol. The second-order valence-electron chi connectivity index (χ2n) is 6.59. The van der Waals surface area contributed by atoms with Gasteiger partial charge in [0.15, 0.2) is 11.2 Å². The summed E-state index contributed by atoms with van der Waals surface area (Å²) >= 11 is 0. The summed E-state index contributed by atoms with van der Waals surface area (Å²) in [6.45, 7) is 8.88. The molecule has 0 atom stereocenters. The van der Waals surface area contributed by atoms with Crippen molar-refractivity contribution in [1.29, 1.82) is 0 Å². The molecule has 126 valence electrons. The second kappa shape index (κ2) is 6.19. The summed E-state index contributed by atoms with van der Waals surface area (Å²) in [5.74, 6) is 1.34. The molecule has 2 aromatic heterocycles. The summed E-state index contributed by atoms with van der Waals surface area (Å²) in [7, 11) is 1.65. The van der Waals surface area contributed by atoms with Crippen LogP contribution >= 0.6 is 0 Å². The Morgan fingerprint density at radius 2 is 1.96 bits per heavy atom. The van der Waals surface area contributed by atoms with Crippen molar-refractivity contribution in [2.45, 2.75) is 26.8 Å². The van der Waals surface area contributed by atoms with Crippen molar-refractivity contribution in [3.63, 3.8) is 0 Å². The Balaban J connectivity index is 2.18. The summed E-state index contributed by atoms with van der Waals surface area (Å²) in [5.41, 5.74) is 0.188. The van der Waals surface area contributed by atoms with Crippen molar-refractivity contribution in [3.05, 3.63) is 20.8 Å². The Kier molecular flexibility index (Phi) is 4.25. The van der Waals surface area contributed by atoms with E-state index in [9.17, 15) is 9.59 Å². The van der Waals surface area contributed by atoms with E-state index in [-0.39, 0.29) is 5.56 Å². The van der Waals surface area contributed by atoms with Gasteiger partial charge in [-0.3, -0.25) is 14.3 Å². The van der Waals surface area contributed by atoms with Crippen LogP contribution in [0.1, 0.15) is 20.3 Å². The molecule has 3 rings (SSSR count). The minimum atomic E-state index is -0.422. The Morgan fingerprint density at radius 3 is 2.61 bits per heavy atom. The maximum absolute atomic E-state index is 12.4. The number of piperazine rings is 1. The number of aryl methyl sites for hydroxylation is 2. The van der Waals surface area contributed by atoms with Crippen LogP contribution in [0.4, 0.5) is 5.95 Å². The van der Waals surface area contributed by atoms with Crippen molar-refractivity contribution in [2.75, 3.05) is 31.1 Å². The third kappa shape index (κ3) is 2.90. The number of rotatable bonds is 4. The lowest BCUT2D eigenvalue weighted by Gasteiger charge is -2.26. The SMILES string of the molecule is CC(C)CCn1c(N2CC[NH2+]CC2)nc2c1c(=O)[nH]c(=O)n2C. The van der Waals surface area contributed by atoms with Crippen molar-refractivity contribution in [1.82, 2.24) is 19.1 Å². The fourth-order valence-electron chi connectivity index (χ4n) is 3.01. The lowest BCUT2D eigenvalue weighted by molar-refractivity contribution is -0.655. The zero-order valence-corrected chi connectivity index (χ0v) is 14.0. The van der Waals surface area contributed by atoms with Crippen molar-refractivity contribution in [2.24, 2.45) is 13.0 Å². The molecule has 0 aliphatic carbocycles. The first-order valence-corrected chi connectivity index (χ1v) is 8.25. The van der Waals surface area contributed by atoms with Crippen LogP contribution in [0.2, 0.25) is 0 Å². The molecule has 1 saturated heterocycles. The number of imidazole rings is 1. The molecule has 0 amide bonds. The van der Waals surface area contributed by atoms with Crippen LogP contribution in [-0.2, 0) is 13.6 Å². The van der Waals surface area contributed by atoms with Gasteiger partial charge in [-0.2, -0.15) is 4.98 Å². The molecule has 1 aliphatic rings. The van der Waals surface area contributed by atoms with E-state index in [0.717, 1.165) is 45.1 Å². The van der Waals surface area contributed by atoms with Gasteiger partial charge in [-0.1, -0.05) is 13.8 Å². The van der Waals surface area contributed by atoms with E-state index >= 15 is 0 Å². The molecule has 0 aromatic carbocycles. The lowest BCUT2D eigenvalue weighted by atomic mass is 10.1. The average Bonchev–Trinajstić information content (AvgIpc) is 2.91. The van der Waals surface area contributed by atoms with Crippen LogP contribution in [0.5, 0.6) is 0 Å². The summed E-state index contributed by atoms with van der Waals surface area (Å²) in [5, 5.41) is 2.28. The van der Waals surface area contributed by atoms with Gasteiger partial charge in [0.1, 0.15) is 0 Å². The van der Waals surface area contributed by atoms with Crippen molar-refractivity contribution >= 4 is 17.1 Å². The standard InChI is InChI=1S/C15H24N6O2/c1-10(2)4-7-21-11-12(19(3)15(23)18-13(11)22)17-14(21)20-8-5-16-6-9-20/h10,16H,4-9H2,1-3H3,(H,18,22,23)/p+1. The van der Waals surface area contributed by atoms with Gasteiger partial charge in [0.2, 0.25) is 5.95 Å². The zero-order chi connectivity index (χ0) is 16.6. The summed E-state index contributed by atoms with van der Waals surface area (Å²) in [6, 6.07) is 0. The highest BCUT2D eigenvalue weighted by atomic mass is 16.2. The smallest absolute Gasteiger partial charge is 0.329 e. The highest BCUT2D eigenvalue weighted by molar-refractivity contribution is 5.74. The van der Waals surface area contributed by atoms with Gasteiger partial charge in [-0.15, -0.1) is 0 Å². The van der Waals surface area contributed by atoms with Crippen LogP contribution in [0.25, 0.3) is 11.2 Å². The molecule has 8 nitrogen and oxygen atoms in total. The van der Waals surface area contributed by atoms with E-state index in [4.69, 9.17) is 0 Å². The fourth-order valence-corrected chi connectivity index (χ4v) is 3.01. The van der Waals surface area contributed by atoms with Crippen molar-refractivity contribution in [3.8, 4) is 0 Å². The third-order valence-corrected chi connectivity index (χ3v) is 4.41. The molecule has 3 heterocycles. The highest BCUT2D eigenvalue weighted by Crippen LogP contribution is 2.20. The second-order valence-corrected chi connectivity index (χ2v) is 6.59. The Hall–Kier alpha value is -2.09. The minimum absolute atomic E-state index is 0.353. The van der Waals surface area contributed by atoms with Gasteiger partial charge in [0.25, 0.3) is 5.56 Å². The van der Waals surface area contributed by atoms with E-state index in [1.807, 2.05) is 4.57 Å². The molecule has 1 fully saturated rings. The zero-order valence-electron chi connectivity index (χ0n) is 14.0. The first kappa shape index (κ1) is 15.8. The molecule has 0 radical (unpaired) electrons. The Morgan fingerprint density at radius 1 is 1.26 bits per heavy atom. The van der Waals surface area contributed by atoms with E-state index in [0.29, 0.717) is 17.1 Å². The summed E-state index contributed by atoms with van der Waals surface area (Å²) < 4.78 is 3.40. The molecule has 8 heteroatoms. The lowest BCUT2D eigenvalue weighted by Crippen LogP contribution is -2.89. The quantitative estimate of drug-likeness (QED) is 0.744. The number of nitrogens with zero attached hydrogens (tertiary/aromatic N) is 4. The van der Waals surface area contributed by atoms with Crippen LogP contribution < -0.4 is 21.5 Å². The van der Waals surface area contributed by atoms with E-state index < -0.39 is 5.69 Å². The molecule has 1 aliphatic heterocycles. The molecule has 0 bridgehead atoms. The topological polar surface area (TPSA) is 92.5 Å². The van der Waals surface area contributed by atoms with Crippen LogP contribution in [0.15, 0.2) is 9.59 Å². The van der Waals surface area contributed by atoms with E-state index in [2.05, 4.69) is 34.0 Å². The minimum Gasteiger partial charge on any atom is -0.343 e.